The summed E-state index contributed by atoms with van der Waals surface area (Å²) in [6.45, 7) is 0.502. The van der Waals surface area contributed by atoms with Crippen LogP contribution in [0.15, 0.2) is 42.5 Å². The molecule has 4 nitrogen and oxygen atoms in total. The maximum Gasteiger partial charge on any atom is 0.223 e. The maximum atomic E-state index is 12.2. The lowest BCUT2D eigenvalue weighted by atomic mass is 10.0. The summed E-state index contributed by atoms with van der Waals surface area (Å²) in [7, 11) is 0. The van der Waals surface area contributed by atoms with Crippen LogP contribution >= 0.6 is 0 Å². The molecule has 4 N–H and O–H groups in total. The molecule has 0 bridgehead atoms. The fourth-order valence-corrected chi connectivity index (χ4v) is 3.04. The molecule has 21 heavy (non-hydrogen) atoms. The molecule has 1 fully saturated rings. The van der Waals surface area contributed by atoms with Crippen LogP contribution in [0.3, 0.4) is 0 Å². The van der Waals surface area contributed by atoms with E-state index in [1.807, 2.05) is 24.3 Å². The summed E-state index contributed by atoms with van der Waals surface area (Å²) >= 11 is 0. The minimum Gasteiger partial charge on any atom is -0.391 e. The Hall–Kier alpha value is -1.91. The van der Waals surface area contributed by atoms with Gasteiger partial charge in [-0.15, -0.1) is 0 Å². The zero-order valence-electron chi connectivity index (χ0n) is 11.8. The molecule has 0 radical (unpaired) electrons. The number of fused-ring (bicyclic) bond motifs is 1. The van der Waals surface area contributed by atoms with E-state index in [-0.39, 0.29) is 17.9 Å². The van der Waals surface area contributed by atoms with Crippen molar-refractivity contribution in [2.75, 3.05) is 0 Å². The van der Waals surface area contributed by atoms with Gasteiger partial charge in [-0.1, -0.05) is 42.5 Å². The molecular weight excluding hydrogens is 264 g/mol. The van der Waals surface area contributed by atoms with Gasteiger partial charge < -0.3 is 16.2 Å². The molecule has 0 saturated heterocycles. The van der Waals surface area contributed by atoms with Gasteiger partial charge in [0.05, 0.1) is 6.10 Å². The van der Waals surface area contributed by atoms with Crippen molar-refractivity contribution in [2.24, 2.45) is 11.7 Å². The molecule has 0 unspecified atom stereocenters. The van der Waals surface area contributed by atoms with E-state index in [0.29, 0.717) is 19.4 Å². The number of carbonyl (C=O) groups excluding carboxylic acids is 1. The Kier molecular flexibility index (Phi) is 3.90. The molecule has 2 aromatic carbocycles. The highest BCUT2D eigenvalue weighted by atomic mass is 16.3. The van der Waals surface area contributed by atoms with Crippen LogP contribution in [0.25, 0.3) is 10.8 Å². The number of benzene rings is 2. The summed E-state index contributed by atoms with van der Waals surface area (Å²) in [5.74, 6) is -0.195. The number of rotatable bonds is 3. The number of amides is 1. The van der Waals surface area contributed by atoms with Gasteiger partial charge in [0.25, 0.3) is 0 Å². The topological polar surface area (TPSA) is 75.4 Å². The molecule has 110 valence electrons. The molecule has 2 aromatic rings. The Labute approximate surface area is 124 Å². The van der Waals surface area contributed by atoms with Gasteiger partial charge in [0.15, 0.2) is 0 Å². The lowest BCUT2D eigenvalue weighted by Gasteiger charge is -2.12. The van der Waals surface area contributed by atoms with E-state index in [4.69, 9.17) is 5.73 Å². The first-order valence-corrected chi connectivity index (χ1v) is 7.33. The Morgan fingerprint density at radius 1 is 1.19 bits per heavy atom. The minimum atomic E-state index is -0.557. The van der Waals surface area contributed by atoms with Gasteiger partial charge in [-0.25, -0.2) is 0 Å². The van der Waals surface area contributed by atoms with Crippen molar-refractivity contribution in [3.63, 3.8) is 0 Å². The van der Waals surface area contributed by atoms with E-state index in [9.17, 15) is 9.90 Å². The quantitative estimate of drug-likeness (QED) is 0.800. The zero-order valence-corrected chi connectivity index (χ0v) is 11.8. The Morgan fingerprint density at radius 3 is 2.71 bits per heavy atom. The zero-order chi connectivity index (χ0) is 14.8. The van der Waals surface area contributed by atoms with E-state index in [0.717, 1.165) is 10.9 Å². The molecule has 1 amide bonds. The van der Waals surface area contributed by atoms with Crippen molar-refractivity contribution in [2.45, 2.75) is 31.5 Å². The second-order valence-corrected chi connectivity index (χ2v) is 5.76. The van der Waals surface area contributed by atoms with E-state index >= 15 is 0 Å². The average molecular weight is 284 g/mol. The number of hydrogen-bond acceptors (Lipinski definition) is 3. The number of hydrogen-bond donors (Lipinski definition) is 3. The monoisotopic (exact) mass is 284 g/mol. The Bertz CT molecular complexity index is 641. The van der Waals surface area contributed by atoms with Gasteiger partial charge >= 0.3 is 0 Å². The third-order valence-corrected chi connectivity index (χ3v) is 4.28. The van der Waals surface area contributed by atoms with Crippen LogP contribution in [0, 0.1) is 5.92 Å². The third-order valence-electron chi connectivity index (χ3n) is 4.28. The Balaban J connectivity index is 1.68. The second kappa shape index (κ2) is 5.84. The number of nitrogens with two attached hydrogens (primary N) is 1. The molecule has 1 saturated carbocycles. The fourth-order valence-electron chi connectivity index (χ4n) is 3.04. The summed E-state index contributed by atoms with van der Waals surface area (Å²) in [6, 6.07) is 13.9. The van der Waals surface area contributed by atoms with Crippen molar-refractivity contribution in [1.82, 2.24) is 5.32 Å². The van der Waals surface area contributed by atoms with Crippen LogP contribution in [-0.2, 0) is 11.3 Å². The molecule has 3 atom stereocenters. The normalized spacial score (nSPS) is 25.1. The lowest BCUT2D eigenvalue weighted by Crippen LogP contribution is -2.30. The smallest absolute Gasteiger partial charge is 0.223 e. The van der Waals surface area contributed by atoms with Gasteiger partial charge in [0.1, 0.15) is 0 Å². The van der Waals surface area contributed by atoms with Crippen molar-refractivity contribution >= 4 is 16.7 Å². The third kappa shape index (κ3) is 2.91. The van der Waals surface area contributed by atoms with Crippen molar-refractivity contribution in [1.29, 1.82) is 0 Å². The largest absolute Gasteiger partial charge is 0.391 e. The summed E-state index contributed by atoms with van der Waals surface area (Å²) in [5.41, 5.74) is 6.86. The predicted molar refractivity (Wildman–Crippen MR) is 82.5 cm³/mol. The van der Waals surface area contributed by atoms with Gasteiger partial charge in [0, 0.05) is 18.5 Å². The van der Waals surface area contributed by atoms with Crippen molar-refractivity contribution < 1.29 is 9.90 Å². The molecule has 1 aliphatic carbocycles. The maximum absolute atomic E-state index is 12.2. The highest BCUT2D eigenvalue weighted by molar-refractivity contribution is 5.86. The molecular formula is C17H20N2O2. The first kappa shape index (κ1) is 14.0. The first-order chi connectivity index (χ1) is 10.1. The summed E-state index contributed by atoms with van der Waals surface area (Å²) in [6.07, 6.45) is 0.462. The van der Waals surface area contributed by atoms with Crippen LogP contribution in [-0.4, -0.2) is 23.2 Å². The van der Waals surface area contributed by atoms with Gasteiger partial charge in [-0.3, -0.25) is 4.79 Å². The van der Waals surface area contributed by atoms with E-state index in [1.165, 1.54) is 5.39 Å². The van der Waals surface area contributed by atoms with E-state index in [1.54, 1.807) is 0 Å². The predicted octanol–water partition coefficient (Wildman–Crippen LogP) is 1.55. The van der Waals surface area contributed by atoms with Crippen LogP contribution in [0.4, 0.5) is 0 Å². The van der Waals surface area contributed by atoms with Crippen LogP contribution in [0.2, 0.25) is 0 Å². The number of aliphatic hydroxyl groups is 1. The molecule has 0 heterocycles. The summed E-state index contributed by atoms with van der Waals surface area (Å²) < 4.78 is 0. The molecule has 0 spiro atoms. The molecule has 1 aliphatic rings. The van der Waals surface area contributed by atoms with Gasteiger partial charge in [-0.05, 0) is 29.2 Å². The lowest BCUT2D eigenvalue weighted by molar-refractivity contribution is -0.125. The molecule has 0 aliphatic heterocycles. The molecule has 0 aromatic heterocycles. The van der Waals surface area contributed by atoms with Gasteiger partial charge in [0.2, 0.25) is 5.91 Å². The van der Waals surface area contributed by atoms with Crippen LogP contribution in [0.5, 0.6) is 0 Å². The summed E-state index contributed by atoms with van der Waals surface area (Å²) in [4.78, 5) is 12.2. The highest BCUT2D eigenvalue weighted by Gasteiger charge is 2.34. The first-order valence-electron chi connectivity index (χ1n) is 7.33. The minimum absolute atomic E-state index is 0.0186. The standard InChI is InChI=1S/C17H20N2O2/c18-15-8-13(9-16(15)20)17(21)19-10-12-6-3-5-11-4-1-2-7-14(11)12/h1-7,13,15-16,20H,8-10,18H2,(H,19,21)/t13-,15-,16-/m0/s1. The average Bonchev–Trinajstić information content (AvgIpc) is 2.84. The van der Waals surface area contributed by atoms with Crippen LogP contribution in [0.1, 0.15) is 18.4 Å². The fraction of sp³-hybridized carbons (Fsp3) is 0.353. The highest BCUT2D eigenvalue weighted by Crippen LogP contribution is 2.25. The SMILES string of the molecule is N[C@H]1C[C@H](C(=O)NCc2cccc3ccccc23)C[C@@H]1O. The number of carbonyl (C=O) groups is 1. The number of nitrogens with one attached hydrogen (secondary N) is 1. The van der Waals surface area contributed by atoms with Gasteiger partial charge in [-0.2, -0.15) is 0 Å². The van der Waals surface area contributed by atoms with Crippen LogP contribution < -0.4 is 11.1 Å². The van der Waals surface area contributed by atoms with Crippen molar-refractivity contribution in [3.8, 4) is 0 Å². The van der Waals surface area contributed by atoms with E-state index in [2.05, 4.69) is 23.5 Å². The molecule has 4 heteroatoms. The number of aliphatic hydroxyl groups excluding tert-OH is 1. The molecule has 3 rings (SSSR count). The summed E-state index contributed by atoms with van der Waals surface area (Å²) in [5, 5.41) is 14.9. The van der Waals surface area contributed by atoms with Crippen molar-refractivity contribution in [3.05, 3.63) is 48.0 Å². The van der Waals surface area contributed by atoms with E-state index < -0.39 is 6.10 Å². The Morgan fingerprint density at radius 2 is 1.95 bits per heavy atom. The second-order valence-electron chi connectivity index (χ2n) is 5.76.